The van der Waals surface area contributed by atoms with Crippen molar-refractivity contribution in [3.05, 3.63) is 65.4 Å². The minimum absolute atomic E-state index is 0.161. The number of benzene rings is 2. The maximum Gasteiger partial charge on any atom is 0.175 e. The van der Waals surface area contributed by atoms with Crippen LogP contribution in [0.15, 0.2) is 59.8 Å². The summed E-state index contributed by atoms with van der Waals surface area (Å²) in [5.74, 6) is 0.734. The van der Waals surface area contributed by atoms with Crippen molar-refractivity contribution in [1.82, 2.24) is 10.3 Å². The third kappa shape index (κ3) is 5.12. The molecule has 1 aliphatic carbocycles. The summed E-state index contributed by atoms with van der Waals surface area (Å²) >= 11 is 6.41. The third-order valence-corrected chi connectivity index (χ3v) is 7.03. The van der Waals surface area contributed by atoms with Gasteiger partial charge < -0.3 is 10.1 Å². The average molecular weight is 445 g/mol. The summed E-state index contributed by atoms with van der Waals surface area (Å²) in [6.45, 7) is 0.727. The highest BCUT2D eigenvalue weighted by Gasteiger charge is 2.23. The summed E-state index contributed by atoms with van der Waals surface area (Å²) in [4.78, 5) is 4.48. The van der Waals surface area contributed by atoms with Crippen LogP contribution in [0.2, 0.25) is 5.02 Å². The third-order valence-electron chi connectivity index (χ3n) is 5.61. The predicted molar refractivity (Wildman–Crippen MR) is 120 cm³/mol. The molecule has 3 aromatic rings. The molecule has 0 atom stereocenters. The van der Waals surface area contributed by atoms with E-state index in [-0.39, 0.29) is 6.10 Å². The first kappa shape index (κ1) is 21.1. The molecule has 4 rings (SSSR count). The quantitative estimate of drug-likeness (QED) is 0.593. The summed E-state index contributed by atoms with van der Waals surface area (Å²) in [7, 11) is -3.15. The number of fused-ring (bicyclic) bond motifs is 1. The van der Waals surface area contributed by atoms with Crippen molar-refractivity contribution in [3.8, 4) is 5.75 Å². The smallest absolute Gasteiger partial charge is 0.175 e. The van der Waals surface area contributed by atoms with Gasteiger partial charge in [-0.3, -0.25) is 4.98 Å². The fraction of sp³-hybridized carbons (Fsp3) is 0.348. The Morgan fingerprint density at radius 2 is 1.80 bits per heavy atom. The second-order valence-corrected chi connectivity index (χ2v) is 10.3. The van der Waals surface area contributed by atoms with Gasteiger partial charge in [-0.2, -0.15) is 0 Å². The van der Waals surface area contributed by atoms with E-state index in [1.807, 2.05) is 30.3 Å². The summed E-state index contributed by atoms with van der Waals surface area (Å²) in [5.41, 5.74) is 1.08. The first-order chi connectivity index (χ1) is 14.4. The van der Waals surface area contributed by atoms with E-state index in [1.165, 1.54) is 6.26 Å². The molecular formula is C23H25ClN2O3S. The highest BCUT2D eigenvalue weighted by atomic mass is 35.5. The van der Waals surface area contributed by atoms with Crippen LogP contribution in [0.4, 0.5) is 0 Å². The van der Waals surface area contributed by atoms with Gasteiger partial charge >= 0.3 is 0 Å². The molecule has 1 N–H and O–H groups in total. The van der Waals surface area contributed by atoms with Gasteiger partial charge in [0, 0.05) is 36.6 Å². The number of rotatable bonds is 6. The van der Waals surface area contributed by atoms with Gasteiger partial charge in [-0.1, -0.05) is 23.7 Å². The zero-order valence-corrected chi connectivity index (χ0v) is 18.4. The zero-order valence-electron chi connectivity index (χ0n) is 16.8. The van der Waals surface area contributed by atoms with Gasteiger partial charge in [0.15, 0.2) is 9.84 Å². The topological polar surface area (TPSA) is 68.3 Å². The van der Waals surface area contributed by atoms with Crippen molar-refractivity contribution in [2.45, 2.75) is 49.3 Å². The molecular weight excluding hydrogens is 420 g/mol. The molecule has 0 bridgehead atoms. The van der Waals surface area contributed by atoms with Crippen LogP contribution in [0.5, 0.6) is 5.75 Å². The second kappa shape index (κ2) is 8.92. The lowest BCUT2D eigenvalue weighted by Gasteiger charge is -2.30. The number of hydrogen-bond acceptors (Lipinski definition) is 5. The Kier molecular flexibility index (Phi) is 6.27. The van der Waals surface area contributed by atoms with E-state index in [2.05, 4.69) is 10.3 Å². The number of pyridine rings is 1. The lowest BCUT2D eigenvalue weighted by atomic mass is 9.92. The molecule has 0 saturated heterocycles. The monoisotopic (exact) mass is 444 g/mol. The number of hydrogen-bond donors (Lipinski definition) is 1. The van der Waals surface area contributed by atoms with Crippen LogP contribution < -0.4 is 10.1 Å². The highest BCUT2D eigenvalue weighted by Crippen LogP contribution is 2.33. The van der Waals surface area contributed by atoms with E-state index in [4.69, 9.17) is 16.3 Å². The zero-order chi connectivity index (χ0) is 21.1. The molecule has 0 aliphatic heterocycles. The highest BCUT2D eigenvalue weighted by molar-refractivity contribution is 7.90. The number of halogens is 1. The van der Waals surface area contributed by atoms with E-state index in [0.29, 0.717) is 16.0 Å². The number of nitrogens with one attached hydrogen (secondary N) is 1. The van der Waals surface area contributed by atoms with Crippen LogP contribution in [0.1, 0.15) is 31.2 Å². The Hall–Kier alpha value is -2.15. The molecule has 1 aromatic heterocycles. The standard InChI is InChI=1S/C23H25ClN2O3S/c1-30(27,28)21-8-2-16(3-9-21)14-26-19-4-6-20(7-5-19)29-23-13-17-10-11-25-15-18(17)12-22(23)24/h2-3,8-13,15,19-20,26H,4-7,14H2,1H3. The summed E-state index contributed by atoms with van der Waals surface area (Å²) in [5, 5.41) is 6.27. The number of sulfone groups is 1. The van der Waals surface area contributed by atoms with Crippen LogP contribution in [0.3, 0.4) is 0 Å². The Labute approximate surface area is 182 Å². The Bertz CT molecular complexity index is 1120. The van der Waals surface area contributed by atoms with Crippen LogP contribution in [0, 0.1) is 0 Å². The van der Waals surface area contributed by atoms with Gasteiger partial charge in [0.05, 0.1) is 16.0 Å². The molecule has 7 heteroatoms. The van der Waals surface area contributed by atoms with E-state index in [0.717, 1.165) is 54.3 Å². The van der Waals surface area contributed by atoms with Crippen LogP contribution >= 0.6 is 11.6 Å². The minimum Gasteiger partial charge on any atom is -0.489 e. The fourth-order valence-electron chi connectivity index (χ4n) is 3.86. The molecule has 0 radical (unpaired) electrons. The Morgan fingerprint density at radius 1 is 1.07 bits per heavy atom. The summed E-state index contributed by atoms with van der Waals surface area (Å²) in [6, 6.07) is 13.4. The molecule has 0 unspecified atom stereocenters. The molecule has 1 aliphatic rings. The van der Waals surface area contributed by atoms with Gasteiger partial charge in [0.2, 0.25) is 0 Å². The second-order valence-electron chi connectivity index (χ2n) is 7.89. The van der Waals surface area contributed by atoms with Gasteiger partial charge in [0.1, 0.15) is 5.75 Å². The molecule has 0 amide bonds. The minimum atomic E-state index is -3.15. The molecule has 30 heavy (non-hydrogen) atoms. The van der Waals surface area contributed by atoms with Crippen LogP contribution in [-0.4, -0.2) is 31.8 Å². The first-order valence-electron chi connectivity index (χ1n) is 10.1. The van der Waals surface area contributed by atoms with Crippen molar-refractivity contribution < 1.29 is 13.2 Å². The summed E-state index contributed by atoms with van der Waals surface area (Å²) in [6.07, 6.45) is 8.95. The van der Waals surface area contributed by atoms with Crippen molar-refractivity contribution in [2.75, 3.05) is 6.26 Å². The molecule has 158 valence electrons. The van der Waals surface area contributed by atoms with Gasteiger partial charge in [-0.05, 0) is 67.0 Å². The average Bonchev–Trinajstić information content (AvgIpc) is 2.73. The summed E-state index contributed by atoms with van der Waals surface area (Å²) < 4.78 is 29.3. The van der Waals surface area contributed by atoms with Crippen molar-refractivity contribution >= 4 is 32.2 Å². The van der Waals surface area contributed by atoms with Crippen molar-refractivity contribution in [2.24, 2.45) is 0 Å². The van der Waals surface area contributed by atoms with Gasteiger partial charge in [-0.25, -0.2) is 8.42 Å². The largest absolute Gasteiger partial charge is 0.489 e. The fourth-order valence-corrected chi connectivity index (χ4v) is 4.71. The maximum absolute atomic E-state index is 11.6. The number of nitrogens with zero attached hydrogens (tertiary/aromatic N) is 1. The molecule has 1 saturated carbocycles. The van der Waals surface area contributed by atoms with E-state index < -0.39 is 9.84 Å². The SMILES string of the molecule is CS(=O)(=O)c1ccc(CNC2CCC(Oc3cc4ccncc4cc3Cl)CC2)cc1. The molecule has 1 heterocycles. The van der Waals surface area contributed by atoms with E-state index in [9.17, 15) is 8.42 Å². The lowest BCUT2D eigenvalue weighted by molar-refractivity contribution is 0.139. The Morgan fingerprint density at radius 3 is 2.50 bits per heavy atom. The molecule has 0 spiro atoms. The number of aromatic nitrogens is 1. The lowest BCUT2D eigenvalue weighted by Crippen LogP contribution is -2.36. The molecule has 2 aromatic carbocycles. The van der Waals surface area contributed by atoms with Gasteiger partial charge in [-0.15, -0.1) is 0 Å². The van der Waals surface area contributed by atoms with E-state index in [1.54, 1.807) is 24.5 Å². The van der Waals surface area contributed by atoms with E-state index >= 15 is 0 Å². The maximum atomic E-state index is 11.6. The van der Waals surface area contributed by atoms with Crippen LogP contribution in [-0.2, 0) is 16.4 Å². The van der Waals surface area contributed by atoms with Crippen molar-refractivity contribution in [1.29, 1.82) is 0 Å². The predicted octanol–water partition coefficient (Wildman–Crippen LogP) is 4.77. The van der Waals surface area contributed by atoms with Crippen LogP contribution in [0.25, 0.3) is 10.8 Å². The molecule has 1 fully saturated rings. The van der Waals surface area contributed by atoms with Crippen molar-refractivity contribution in [3.63, 3.8) is 0 Å². The molecule has 5 nitrogen and oxygen atoms in total. The van der Waals surface area contributed by atoms with Gasteiger partial charge in [0.25, 0.3) is 0 Å². The normalized spacial score (nSPS) is 19.7. The number of ether oxygens (including phenoxy) is 1. The Balaban J connectivity index is 1.28. The first-order valence-corrected chi connectivity index (χ1v) is 12.4.